The molecular formula is C63H56IrN3. The molecule has 0 bridgehead atoms. The SMILES string of the molecule is [2H]C([2H])(c1c[c-]c(-c2cc(-c3c(C)cc(-c4ccccc4)cc3C)ccn2)cc1)C([2H])([2H])c1cc(CC(C)(C)c2c[c-]c(-c3ccccn3)cc2)cc(CC(C)(C)c2c[c-]c(-c3ccccn3)cc2)c1.[Ir+3]. The van der Waals surface area contributed by atoms with Gasteiger partial charge in [0, 0.05) is 24.1 Å². The summed E-state index contributed by atoms with van der Waals surface area (Å²) >= 11 is 0. The molecule has 9 aromatic rings. The van der Waals surface area contributed by atoms with Gasteiger partial charge in [0.25, 0.3) is 0 Å². The number of hydrogen-bond donors (Lipinski definition) is 0. The van der Waals surface area contributed by atoms with Gasteiger partial charge < -0.3 is 15.0 Å². The van der Waals surface area contributed by atoms with Crippen LogP contribution in [-0.2, 0) is 56.5 Å². The third-order valence-corrected chi connectivity index (χ3v) is 12.5. The molecule has 9 rings (SSSR count). The summed E-state index contributed by atoms with van der Waals surface area (Å²) in [6.45, 7) is 13.0. The second kappa shape index (κ2) is 20.5. The van der Waals surface area contributed by atoms with Crippen molar-refractivity contribution >= 4 is 0 Å². The number of nitrogens with zero attached hydrogens (tertiary/aromatic N) is 3. The molecule has 0 unspecified atom stereocenters. The molecule has 0 aliphatic carbocycles. The summed E-state index contributed by atoms with van der Waals surface area (Å²) in [4.78, 5) is 13.7. The van der Waals surface area contributed by atoms with E-state index in [1.165, 1.54) is 11.1 Å². The van der Waals surface area contributed by atoms with Crippen LogP contribution in [0.2, 0.25) is 0 Å². The van der Waals surface area contributed by atoms with Crippen molar-refractivity contribution in [3.05, 3.63) is 245 Å². The summed E-state index contributed by atoms with van der Waals surface area (Å²) < 4.78 is 38.5. The van der Waals surface area contributed by atoms with Crippen LogP contribution in [0.3, 0.4) is 0 Å². The molecule has 0 saturated carbocycles. The summed E-state index contributed by atoms with van der Waals surface area (Å²) in [5.74, 6) is 0. The molecule has 0 amide bonds. The Hall–Kier alpha value is -6.58. The Balaban J connectivity index is 0.00000676. The van der Waals surface area contributed by atoms with Crippen molar-refractivity contribution in [2.75, 3.05) is 0 Å². The Morgan fingerprint density at radius 3 is 1.43 bits per heavy atom. The van der Waals surface area contributed by atoms with Gasteiger partial charge in [-0.3, -0.25) is 0 Å². The van der Waals surface area contributed by atoms with E-state index in [4.69, 9.17) is 4.98 Å². The van der Waals surface area contributed by atoms with E-state index >= 15 is 0 Å². The van der Waals surface area contributed by atoms with Gasteiger partial charge in [0.05, 0.1) is 0 Å². The van der Waals surface area contributed by atoms with E-state index in [9.17, 15) is 5.48 Å². The van der Waals surface area contributed by atoms with Crippen molar-refractivity contribution in [2.45, 2.75) is 78.0 Å². The van der Waals surface area contributed by atoms with Gasteiger partial charge in [-0.25, -0.2) is 0 Å². The van der Waals surface area contributed by atoms with Crippen LogP contribution < -0.4 is 0 Å². The van der Waals surface area contributed by atoms with Gasteiger partial charge in [0.1, 0.15) is 0 Å². The number of hydrogen-bond acceptors (Lipinski definition) is 3. The van der Waals surface area contributed by atoms with Crippen molar-refractivity contribution in [1.29, 1.82) is 0 Å². The summed E-state index contributed by atoms with van der Waals surface area (Å²) in [6, 6.07) is 64.1. The molecule has 0 N–H and O–H groups in total. The van der Waals surface area contributed by atoms with Crippen LogP contribution >= 0.6 is 0 Å². The quantitative estimate of drug-likeness (QED) is 0.102. The molecule has 0 aliphatic rings. The van der Waals surface area contributed by atoms with Gasteiger partial charge in [-0.1, -0.05) is 125 Å². The molecule has 67 heavy (non-hydrogen) atoms. The number of pyridine rings is 3. The molecule has 0 fully saturated rings. The molecule has 0 atom stereocenters. The summed E-state index contributed by atoms with van der Waals surface area (Å²) in [5.41, 5.74) is 15.5. The van der Waals surface area contributed by atoms with E-state index in [2.05, 4.69) is 136 Å². The van der Waals surface area contributed by atoms with E-state index in [0.717, 1.165) is 67.0 Å². The maximum atomic E-state index is 9.70. The summed E-state index contributed by atoms with van der Waals surface area (Å²) in [7, 11) is 0. The third kappa shape index (κ3) is 11.2. The molecule has 3 nitrogen and oxygen atoms in total. The Kier molecular flexibility index (Phi) is 12.8. The first-order valence-corrected chi connectivity index (χ1v) is 22.6. The van der Waals surface area contributed by atoms with Crippen LogP contribution in [0.4, 0.5) is 0 Å². The van der Waals surface area contributed by atoms with Crippen LogP contribution in [0.25, 0.3) is 56.0 Å². The van der Waals surface area contributed by atoms with E-state index in [0.29, 0.717) is 24.1 Å². The summed E-state index contributed by atoms with van der Waals surface area (Å²) in [5, 5.41) is 0. The van der Waals surface area contributed by atoms with Crippen LogP contribution in [0.5, 0.6) is 0 Å². The predicted molar refractivity (Wildman–Crippen MR) is 273 cm³/mol. The van der Waals surface area contributed by atoms with Gasteiger partial charge in [-0.2, -0.15) is 0 Å². The van der Waals surface area contributed by atoms with Crippen molar-refractivity contribution < 1.29 is 25.6 Å². The standard InChI is InChI=1S/C63H56N3.Ir/c1-44-36-55(50-14-8-7-9-15-50)37-45(2)61(44)54-32-35-66-60(41-54)53-22-20-46(21-23-53)18-19-47-38-48(42-62(3,4)56-28-24-51(25-29-56)58-16-10-12-33-64-58)40-49(39-47)43-63(5,6)57-30-26-52(27-31-57)59-17-11-13-34-65-59;/h7-17,20-22,24,26,28-41H,18-19,42-43H2,1-6H3;/q-3;+3/i18D2,19D2;. The topological polar surface area (TPSA) is 38.7 Å². The van der Waals surface area contributed by atoms with E-state index in [1.54, 1.807) is 36.8 Å². The zero-order chi connectivity index (χ0) is 49.3. The maximum absolute atomic E-state index is 9.70. The molecule has 4 heteroatoms. The van der Waals surface area contributed by atoms with Gasteiger partial charge in [0.15, 0.2) is 0 Å². The second-order valence-electron chi connectivity index (χ2n) is 18.6. The summed E-state index contributed by atoms with van der Waals surface area (Å²) in [6.07, 6.45) is 1.66. The van der Waals surface area contributed by atoms with Crippen LogP contribution in [-0.4, -0.2) is 15.0 Å². The first kappa shape index (κ1) is 41.8. The van der Waals surface area contributed by atoms with Gasteiger partial charge >= 0.3 is 20.1 Å². The first-order valence-electron chi connectivity index (χ1n) is 24.6. The minimum absolute atomic E-state index is 0. The van der Waals surface area contributed by atoms with Gasteiger partial charge in [-0.05, 0) is 129 Å². The van der Waals surface area contributed by atoms with Crippen molar-refractivity contribution in [3.63, 3.8) is 0 Å². The molecule has 332 valence electrons. The fourth-order valence-corrected chi connectivity index (χ4v) is 9.07. The molecule has 0 spiro atoms. The molecular weight excluding hydrogens is 991 g/mol. The second-order valence-corrected chi connectivity index (χ2v) is 18.6. The average Bonchev–Trinajstić information content (AvgIpc) is 3.37. The molecule has 6 aromatic carbocycles. The minimum atomic E-state index is -2.43. The zero-order valence-electron chi connectivity index (χ0n) is 42.9. The van der Waals surface area contributed by atoms with Gasteiger partial charge in [-0.15, -0.1) is 106 Å². The average molecular weight is 1050 g/mol. The number of aryl methyl sites for hydroxylation is 4. The van der Waals surface area contributed by atoms with Crippen LogP contribution in [0, 0.1) is 32.0 Å². The first-order chi connectivity index (χ1) is 33.5. The number of rotatable bonds is 14. The molecule has 0 saturated heterocycles. The molecule has 0 radical (unpaired) electrons. The van der Waals surface area contributed by atoms with Crippen molar-refractivity contribution in [1.82, 2.24) is 15.0 Å². The normalized spacial score (nSPS) is 12.9. The fraction of sp³-hybridized carbons (Fsp3) is 0.190. The Labute approximate surface area is 417 Å². The largest absolute Gasteiger partial charge is 3.00 e. The van der Waals surface area contributed by atoms with E-state index < -0.39 is 12.7 Å². The van der Waals surface area contributed by atoms with E-state index in [1.807, 2.05) is 78.9 Å². The predicted octanol–water partition coefficient (Wildman–Crippen LogP) is 15.0. The fourth-order valence-electron chi connectivity index (χ4n) is 9.07. The maximum Gasteiger partial charge on any atom is 3.00 e. The van der Waals surface area contributed by atoms with Crippen molar-refractivity contribution in [2.24, 2.45) is 0 Å². The third-order valence-electron chi connectivity index (χ3n) is 12.5. The van der Waals surface area contributed by atoms with Crippen LogP contribution in [0.15, 0.2) is 182 Å². The Morgan fingerprint density at radius 1 is 0.433 bits per heavy atom. The number of aromatic nitrogens is 3. The monoisotopic (exact) mass is 1050 g/mol. The Bertz CT molecular complexity index is 3110. The Morgan fingerprint density at radius 2 is 0.925 bits per heavy atom. The number of benzene rings is 6. The van der Waals surface area contributed by atoms with Crippen LogP contribution in [0.1, 0.15) is 77.7 Å². The smallest absolute Gasteiger partial charge is 0.305 e. The minimum Gasteiger partial charge on any atom is -0.305 e. The molecule has 0 aliphatic heterocycles. The van der Waals surface area contributed by atoms with Crippen molar-refractivity contribution in [3.8, 4) is 56.0 Å². The van der Waals surface area contributed by atoms with Gasteiger partial charge in [0.2, 0.25) is 0 Å². The zero-order valence-corrected chi connectivity index (χ0v) is 41.3. The molecule has 3 aromatic heterocycles. The van der Waals surface area contributed by atoms with E-state index in [-0.39, 0.29) is 42.1 Å². The molecule has 3 heterocycles.